The van der Waals surface area contributed by atoms with Gasteiger partial charge in [0.05, 0.1) is 7.11 Å². The fourth-order valence-corrected chi connectivity index (χ4v) is 3.28. The number of benzene rings is 2. The number of aryl methyl sites for hydroxylation is 1. The van der Waals surface area contributed by atoms with Crippen LogP contribution in [0.15, 0.2) is 54.6 Å². The highest BCUT2D eigenvalue weighted by atomic mass is 35.5. The molecule has 0 saturated heterocycles. The molecule has 140 valence electrons. The van der Waals surface area contributed by atoms with Crippen molar-refractivity contribution in [3.63, 3.8) is 0 Å². The maximum atomic E-state index is 13.4. The third kappa shape index (κ3) is 3.12. The van der Waals surface area contributed by atoms with Gasteiger partial charge in [-0.2, -0.15) is 0 Å². The largest absolute Gasteiger partial charge is 0.465 e. The molecule has 7 heteroatoms. The number of aromatic nitrogens is 3. The Morgan fingerprint density at radius 1 is 1.11 bits per heavy atom. The van der Waals surface area contributed by atoms with Crippen molar-refractivity contribution in [2.75, 3.05) is 7.11 Å². The van der Waals surface area contributed by atoms with Crippen molar-refractivity contribution < 1.29 is 13.9 Å². The lowest BCUT2D eigenvalue weighted by molar-refractivity contribution is 0.0603. The second kappa shape index (κ2) is 7.05. The van der Waals surface area contributed by atoms with E-state index in [1.54, 1.807) is 34.8 Å². The normalized spacial score (nSPS) is 11.0. The molecule has 0 radical (unpaired) electrons. The quantitative estimate of drug-likeness (QED) is 0.460. The summed E-state index contributed by atoms with van der Waals surface area (Å²) in [6, 6.07) is 14.9. The zero-order valence-corrected chi connectivity index (χ0v) is 15.9. The van der Waals surface area contributed by atoms with E-state index in [9.17, 15) is 9.18 Å². The van der Waals surface area contributed by atoms with Crippen LogP contribution in [0.2, 0.25) is 5.02 Å². The molecule has 0 saturated carbocycles. The number of esters is 1. The van der Waals surface area contributed by atoms with Crippen LogP contribution in [0.1, 0.15) is 16.1 Å². The van der Waals surface area contributed by atoms with Crippen molar-refractivity contribution in [1.82, 2.24) is 14.6 Å². The van der Waals surface area contributed by atoms with Crippen LogP contribution in [-0.4, -0.2) is 27.7 Å². The van der Waals surface area contributed by atoms with Crippen LogP contribution in [0.3, 0.4) is 0 Å². The average Bonchev–Trinajstić information content (AvgIpc) is 3.14. The molecule has 0 aliphatic carbocycles. The fourth-order valence-electron chi connectivity index (χ4n) is 3.09. The first-order valence-corrected chi connectivity index (χ1v) is 8.86. The van der Waals surface area contributed by atoms with E-state index in [-0.39, 0.29) is 11.4 Å². The van der Waals surface area contributed by atoms with Gasteiger partial charge in [0.15, 0.2) is 11.5 Å². The summed E-state index contributed by atoms with van der Waals surface area (Å²) in [7, 11) is 1.31. The van der Waals surface area contributed by atoms with Crippen molar-refractivity contribution in [2.24, 2.45) is 0 Å². The molecular formula is C21H15ClFN3O2. The second-order valence-electron chi connectivity index (χ2n) is 6.25. The molecule has 0 amide bonds. The number of nitrogens with zero attached hydrogens (tertiary/aromatic N) is 3. The first-order chi connectivity index (χ1) is 13.5. The fraction of sp³-hybridized carbons (Fsp3) is 0.0952. The van der Waals surface area contributed by atoms with Crippen molar-refractivity contribution in [2.45, 2.75) is 6.92 Å². The van der Waals surface area contributed by atoms with Crippen LogP contribution in [0.25, 0.3) is 28.2 Å². The lowest BCUT2D eigenvalue weighted by Crippen LogP contribution is -2.09. The Labute approximate surface area is 165 Å². The Hall–Kier alpha value is -3.25. The number of hydrogen-bond acceptors (Lipinski definition) is 4. The Balaban J connectivity index is 2.01. The predicted octanol–water partition coefficient (Wildman–Crippen LogP) is 4.95. The zero-order chi connectivity index (χ0) is 19.8. The molecule has 0 aliphatic heterocycles. The van der Waals surface area contributed by atoms with Crippen molar-refractivity contribution >= 4 is 23.2 Å². The highest BCUT2D eigenvalue weighted by Crippen LogP contribution is 2.30. The number of carbonyl (C=O) groups is 1. The number of fused-ring (bicyclic) bond motifs is 1. The van der Waals surface area contributed by atoms with Crippen molar-refractivity contribution in [3.8, 4) is 22.5 Å². The summed E-state index contributed by atoms with van der Waals surface area (Å²) in [6.07, 6.45) is 0. The van der Waals surface area contributed by atoms with Gasteiger partial charge in [-0.25, -0.2) is 18.7 Å². The number of halogens is 2. The van der Waals surface area contributed by atoms with Gasteiger partial charge in [-0.05, 0) is 42.8 Å². The Morgan fingerprint density at radius 2 is 1.86 bits per heavy atom. The lowest BCUT2D eigenvalue weighted by Gasteiger charge is -2.11. The van der Waals surface area contributed by atoms with Gasteiger partial charge in [0.2, 0.25) is 0 Å². The number of rotatable bonds is 3. The molecule has 2 aromatic heterocycles. The van der Waals surface area contributed by atoms with Gasteiger partial charge >= 0.3 is 5.97 Å². The topological polar surface area (TPSA) is 56.5 Å². The van der Waals surface area contributed by atoms with E-state index >= 15 is 0 Å². The smallest absolute Gasteiger partial charge is 0.342 e. The van der Waals surface area contributed by atoms with Gasteiger partial charge in [-0.15, -0.1) is 5.10 Å². The van der Waals surface area contributed by atoms with Crippen LogP contribution in [0.4, 0.5) is 4.39 Å². The molecule has 0 unspecified atom stereocenters. The van der Waals surface area contributed by atoms with Crippen LogP contribution >= 0.6 is 11.6 Å². The molecule has 0 atom stereocenters. The van der Waals surface area contributed by atoms with Crippen LogP contribution < -0.4 is 0 Å². The van der Waals surface area contributed by atoms with E-state index in [0.29, 0.717) is 27.6 Å². The van der Waals surface area contributed by atoms with E-state index in [4.69, 9.17) is 16.3 Å². The number of pyridine rings is 1. The van der Waals surface area contributed by atoms with E-state index in [2.05, 4.69) is 10.1 Å². The second-order valence-corrected chi connectivity index (χ2v) is 6.69. The SMILES string of the molecule is COC(=O)c1c(-c2ccc(F)cc2)cc(C)n2nc(-c3cccc(Cl)c3)nc12. The molecule has 0 aliphatic rings. The van der Waals surface area contributed by atoms with Crippen molar-refractivity contribution in [3.05, 3.63) is 76.7 Å². The van der Waals surface area contributed by atoms with Gasteiger partial charge in [0.25, 0.3) is 0 Å². The molecule has 2 heterocycles. The van der Waals surface area contributed by atoms with Crippen LogP contribution in [0, 0.1) is 12.7 Å². The standard InChI is InChI=1S/C21H15ClFN3O2/c1-12-10-17(13-6-8-16(23)9-7-13)18(21(27)28-2)20-24-19(25-26(12)20)14-4-3-5-15(22)11-14/h3-11H,1-2H3. The molecule has 0 N–H and O–H groups in total. The third-order valence-corrected chi connectivity index (χ3v) is 4.65. The minimum atomic E-state index is -0.547. The molecule has 5 nitrogen and oxygen atoms in total. The summed E-state index contributed by atoms with van der Waals surface area (Å²) in [5.74, 6) is -0.465. The summed E-state index contributed by atoms with van der Waals surface area (Å²) < 4.78 is 19.9. The van der Waals surface area contributed by atoms with Crippen LogP contribution in [0.5, 0.6) is 0 Å². The average molecular weight is 396 g/mol. The van der Waals surface area contributed by atoms with E-state index in [1.165, 1.54) is 19.2 Å². The summed E-state index contributed by atoms with van der Waals surface area (Å²) in [4.78, 5) is 17.2. The first-order valence-electron chi connectivity index (χ1n) is 8.48. The molecule has 4 rings (SSSR count). The third-order valence-electron chi connectivity index (χ3n) is 4.41. The highest BCUT2D eigenvalue weighted by molar-refractivity contribution is 6.30. The molecule has 4 aromatic rings. The Morgan fingerprint density at radius 3 is 2.54 bits per heavy atom. The number of methoxy groups -OCH3 is 1. The number of carbonyl (C=O) groups excluding carboxylic acids is 1. The van der Waals surface area contributed by atoms with Gasteiger partial charge in [0.1, 0.15) is 11.4 Å². The maximum Gasteiger partial charge on any atom is 0.342 e. The lowest BCUT2D eigenvalue weighted by atomic mass is 10.00. The Bertz CT molecular complexity index is 1200. The maximum absolute atomic E-state index is 13.4. The zero-order valence-electron chi connectivity index (χ0n) is 15.1. The van der Waals surface area contributed by atoms with E-state index in [1.807, 2.05) is 19.1 Å². The summed E-state index contributed by atoms with van der Waals surface area (Å²) >= 11 is 6.08. The molecular weight excluding hydrogens is 381 g/mol. The minimum Gasteiger partial charge on any atom is -0.465 e. The molecule has 0 bridgehead atoms. The monoisotopic (exact) mass is 395 g/mol. The summed E-state index contributed by atoms with van der Waals surface area (Å²) in [5.41, 5.74) is 3.40. The highest BCUT2D eigenvalue weighted by Gasteiger charge is 2.23. The van der Waals surface area contributed by atoms with Gasteiger partial charge in [-0.1, -0.05) is 35.9 Å². The predicted molar refractivity (Wildman–Crippen MR) is 105 cm³/mol. The first kappa shape index (κ1) is 18.1. The van der Waals surface area contributed by atoms with Gasteiger partial charge in [0, 0.05) is 21.8 Å². The number of ether oxygens (including phenoxy) is 1. The Kier molecular flexibility index (Phi) is 4.57. The number of hydrogen-bond donors (Lipinski definition) is 0. The van der Waals surface area contributed by atoms with E-state index in [0.717, 1.165) is 11.3 Å². The van der Waals surface area contributed by atoms with Crippen LogP contribution in [-0.2, 0) is 4.74 Å². The summed E-state index contributed by atoms with van der Waals surface area (Å²) in [5, 5.41) is 5.09. The van der Waals surface area contributed by atoms with Gasteiger partial charge in [-0.3, -0.25) is 0 Å². The van der Waals surface area contributed by atoms with Crippen molar-refractivity contribution in [1.29, 1.82) is 0 Å². The molecule has 2 aromatic carbocycles. The van der Waals surface area contributed by atoms with E-state index < -0.39 is 5.97 Å². The summed E-state index contributed by atoms with van der Waals surface area (Å²) in [6.45, 7) is 1.86. The van der Waals surface area contributed by atoms with Gasteiger partial charge < -0.3 is 4.74 Å². The molecule has 0 fully saturated rings. The molecule has 28 heavy (non-hydrogen) atoms. The molecule has 0 spiro atoms. The minimum absolute atomic E-state index is 0.264.